The van der Waals surface area contributed by atoms with Gasteiger partial charge in [0.15, 0.2) is 0 Å². The van der Waals surface area contributed by atoms with Gasteiger partial charge in [0.05, 0.1) is 18.0 Å². The minimum absolute atomic E-state index is 0.0207. The highest BCUT2D eigenvalue weighted by Gasteiger charge is 2.11. The summed E-state index contributed by atoms with van der Waals surface area (Å²) in [7, 11) is 0. The molecule has 74 valence electrons. The molecule has 4 nitrogen and oxygen atoms in total. The molecule has 13 heavy (non-hydrogen) atoms. The van der Waals surface area contributed by atoms with Crippen LogP contribution in [0.5, 0.6) is 0 Å². The van der Waals surface area contributed by atoms with Gasteiger partial charge in [-0.2, -0.15) is 5.26 Å². The van der Waals surface area contributed by atoms with Gasteiger partial charge >= 0.3 is 0 Å². The van der Waals surface area contributed by atoms with Crippen LogP contribution in [0.1, 0.15) is 20.8 Å². The summed E-state index contributed by atoms with van der Waals surface area (Å²) in [5.41, 5.74) is 0. The molecule has 0 aliphatic heterocycles. The minimum atomic E-state index is -0.226. The molecule has 0 aromatic carbocycles. The zero-order valence-corrected chi connectivity index (χ0v) is 8.42. The Balaban J connectivity index is 3.68. The van der Waals surface area contributed by atoms with Crippen LogP contribution in [0.15, 0.2) is 0 Å². The maximum absolute atomic E-state index is 11.2. The molecule has 0 spiro atoms. The molecule has 0 aromatic heterocycles. The summed E-state index contributed by atoms with van der Waals surface area (Å²) in [5.74, 6) is -0.0792. The number of nitriles is 1. The monoisotopic (exact) mass is 183 g/mol. The lowest BCUT2D eigenvalue weighted by molar-refractivity contribution is -0.122. The van der Waals surface area contributed by atoms with Gasteiger partial charge in [0.25, 0.3) is 0 Å². The van der Waals surface area contributed by atoms with Gasteiger partial charge in [-0.15, -0.1) is 0 Å². The molecule has 0 heterocycles. The van der Waals surface area contributed by atoms with E-state index in [2.05, 4.69) is 16.7 Å². The van der Waals surface area contributed by atoms with Gasteiger partial charge in [-0.05, 0) is 20.8 Å². The molecule has 0 radical (unpaired) electrons. The van der Waals surface area contributed by atoms with Crippen LogP contribution >= 0.6 is 0 Å². The predicted octanol–water partition coefficient (Wildman–Crippen LogP) is 0.260. The zero-order valence-electron chi connectivity index (χ0n) is 8.42. The number of hydrogen-bond acceptors (Lipinski definition) is 3. The second-order valence-corrected chi connectivity index (χ2v) is 3.05. The van der Waals surface area contributed by atoms with Gasteiger partial charge in [0.1, 0.15) is 0 Å². The van der Waals surface area contributed by atoms with Crippen molar-refractivity contribution in [3.63, 3.8) is 0 Å². The van der Waals surface area contributed by atoms with Crippen molar-refractivity contribution in [1.29, 1.82) is 5.26 Å². The van der Waals surface area contributed by atoms with Crippen LogP contribution < -0.4 is 10.6 Å². The van der Waals surface area contributed by atoms with Gasteiger partial charge in [0, 0.05) is 13.1 Å². The van der Waals surface area contributed by atoms with E-state index in [1.54, 1.807) is 6.92 Å². The predicted molar refractivity (Wildman–Crippen MR) is 50.9 cm³/mol. The Hall–Kier alpha value is -1.08. The average Bonchev–Trinajstić information content (AvgIpc) is 2.13. The minimum Gasteiger partial charge on any atom is -0.355 e. The van der Waals surface area contributed by atoms with Crippen molar-refractivity contribution in [1.82, 2.24) is 10.6 Å². The van der Waals surface area contributed by atoms with Crippen molar-refractivity contribution < 1.29 is 4.79 Å². The number of carbonyl (C=O) groups is 1. The van der Waals surface area contributed by atoms with E-state index < -0.39 is 0 Å². The van der Waals surface area contributed by atoms with Gasteiger partial charge < -0.3 is 10.6 Å². The second kappa shape index (κ2) is 6.44. The highest BCUT2D eigenvalue weighted by molar-refractivity contribution is 5.81. The molecule has 2 atom stereocenters. The molecule has 0 fully saturated rings. The van der Waals surface area contributed by atoms with Gasteiger partial charge in [-0.3, -0.25) is 4.79 Å². The zero-order chi connectivity index (χ0) is 10.3. The van der Waals surface area contributed by atoms with E-state index in [4.69, 9.17) is 5.26 Å². The van der Waals surface area contributed by atoms with Gasteiger partial charge in [-0.1, -0.05) is 0 Å². The first-order valence-electron chi connectivity index (χ1n) is 4.52. The Labute approximate surface area is 79.3 Å². The van der Waals surface area contributed by atoms with Crippen LogP contribution in [0.25, 0.3) is 0 Å². The maximum Gasteiger partial charge on any atom is 0.236 e. The fourth-order valence-electron chi connectivity index (χ4n) is 0.819. The summed E-state index contributed by atoms with van der Waals surface area (Å²) in [4.78, 5) is 11.2. The summed E-state index contributed by atoms with van der Waals surface area (Å²) in [5, 5.41) is 14.2. The Kier molecular flexibility index (Phi) is 5.90. The van der Waals surface area contributed by atoms with Crippen LogP contribution in [-0.2, 0) is 4.79 Å². The van der Waals surface area contributed by atoms with Gasteiger partial charge in [-0.25, -0.2) is 0 Å². The molecule has 0 saturated heterocycles. The average molecular weight is 183 g/mol. The Bertz CT molecular complexity index is 198. The Morgan fingerprint density at radius 1 is 1.54 bits per heavy atom. The molecule has 0 saturated carbocycles. The lowest BCUT2D eigenvalue weighted by Crippen LogP contribution is -2.43. The molecule has 0 aromatic rings. The van der Waals surface area contributed by atoms with Crippen molar-refractivity contribution in [3.8, 4) is 6.07 Å². The van der Waals surface area contributed by atoms with E-state index in [0.29, 0.717) is 13.1 Å². The van der Waals surface area contributed by atoms with Crippen LogP contribution in [0, 0.1) is 17.2 Å². The van der Waals surface area contributed by atoms with Crippen LogP contribution in [0.2, 0.25) is 0 Å². The van der Waals surface area contributed by atoms with E-state index in [1.807, 2.05) is 13.8 Å². The topological polar surface area (TPSA) is 64.9 Å². The number of amides is 1. The van der Waals surface area contributed by atoms with Crippen molar-refractivity contribution >= 4 is 5.91 Å². The molecule has 0 bridgehead atoms. The fourth-order valence-corrected chi connectivity index (χ4v) is 0.819. The van der Waals surface area contributed by atoms with Crippen LogP contribution in [-0.4, -0.2) is 25.0 Å². The summed E-state index contributed by atoms with van der Waals surface area (Å²) in [6, 6.07) is 1.87. The summed E-state index contributed by atoms with van der Waals surface area (Å²) in [6.45, 7) is 6.67. The molecular formula is C9H17N3O. The van der Waals surface area contributed by atoms with Crippen molar-refractivity contribution in [2.45, 2.75) is 26.8 Å². The third kappa shape index (κ3) is 5.21. The van der Waals surface area contributed by atoms with Crippen LogP contribution in [0.3, 0.4) is 0 Å². The third-order valence-corrected chi connectivity index (χ3v) is 1.69. The summed E-state index contributed by atoms with van der Waals surface area (Å²) < 4.78 is 0. The van der Waals surface area contributed by atoms with E-state index in [-0.39, 0.29) is 17.9 Å². The fraction of sp³-hybridized carbons (Fsp3) is 0.778. The lowest BCUT2D eigenvalue weighted by atomic mass is 10.2. The highest BCUT2D eigenvalue weighted by Crippen LogP contribution is 1.90. The van der Waals surface area contributed by atoms with Crippen molar-refractivity contribution in [3.05, 3.63) is 0 Å². The number of carbonyl (C=O) groups excluding carboxylic acids is 1. The van der Waals surface area contributed by atoms with Gasteiger partial charge in [0.2, 0.25) is 5.91 Å². The number of hydrogen-bond donors (Lipinski definition) is 2. The molecule has 0 rings (SSSR count). The lowest BCUT2D eigenvalue weighted by Gasteiger charge is -2.13. The van der Waals surface area contributed by atoms with Crippen molar-refractivity contribution in [2.24, 2.45) is 5.92 Å². The number of likely N-dealkylation sites (N-methyl/N-ethyl adjacent to an activating group) is 1. The maximum atomic E-state index is 11.2. The van der Waals surface area contributed by atoms with E-state index in [9.17, 15) is 4.79 Å². The van der Waals surface area contributed by atoms with E-state index in [1.165, 1.54) is 0 Å². The smallest absolute Gasteiger partial charge is 0.236 e. The molecule has 2 unspecified atom stereocenters. The Morgan fingerprint density at radius 2 is 2.15 bits per heavy atom. The first-order chi connectivity index (χ1) is 6.11. The quantitative estimate of drug-likeness (QED) is 0.642. The number of rotatable bonds is 5. The van der Waals surface area contributed by atoms with E-state index in [0.717, 1.165) is 0 Å². The first-order valence-corrected chi connectivity index (χ1v) is 4.52. The molecule has 1 amide bonds. The van der Waals surface area contributed by atoms with Crippen molar-refractivity contribution in [2.75, 3.05) is 13.1 Å². The first kappa shape index (κ1) is 11.9. The van der Waals surface area contributed by atoms with Crippen LogP contribution in [0.4, 0.5) is 0 Å². The largest absolute Gasteiger partial charge is 0.355 e. The Morgan fingerprint density at radius 3 is 2.62 bits per heavy atom. The third-order valence-electron chi connectivity index (χ3n) is 1.69. The second-order valence-electron chi connectivity index (χ2n) is 3.05. The molecule has 0 aliphatic rings. The summed E-state index contributed by atoms with van der Waals surface area (Å²) in [6.07, 6.45) is 0. The van der Waals surface area contributed by atoms with E-state index >= 15 is 0 Å². The standard InChI is InChI=1S/C9H17N3O/c1-4-11-9(13)8(3)12-6-7(2)5-10/h7-8,12H,4,6H2,1-3H3,(H,11,13). The molecule has 0 aliphatic carbocycles. The molecule has 2 N–H and O–H groups in total. The highest BCUT2D eigenvalue weighted by atomic mass is 16.2. The molecular weight excluding hydrogens is 166 g/mol. The summed E-state index contributed by atoms with van der Waals surface area (Å²) >= 11 is 0. The normalized spacial score (nSPS) is 14.3. The SMILES string of the molecule is CCNC(=O)C(C)NCC(C)C#N. The number of nitrogens with zero attached hydrogens (tertiary/aromatic N) is 1. The molecule has 4 heteroatoms. The number of nitrogens with one attached hydrogen (secondary N) is 2.